The van der Waals surface area contributed by atoms with Gasteiger partial charge in [-0.25, -0.2) is 15.4 Å². The molecule has 176 valence electrons. The number of hydrogen-bond donors (Lipinski definition) is 1. The fraction of sp³-hybridized carbons (Fsp3) is 0.182. The molecule has 34 heavy (non-hydrogen) atoms. The molecule has 0 aliphatic heterocycles. The summed E-state index contributed by atoms with van der Waals surface area (Å²) in [4.78, 5) is 31.0. The largest absolute Gasteiger partial charge is 0.486 e. The van der Waals surface area contributed by atoms with Crippen LogP contribution in [0.1, 0.15) is 22.5 Å². The first kappa shape index (κ1) is 25.4. The van der Waals surface area contributed by atoms with E-state index in [1.54, 1.807) is 24.3 Å². The van der Waals surface area contributed by atoms with Crippen molar-refractivity contribution in [1.29, 1.82) is 0 Å². The van der Waals surface area contributed by atoms with Crippen LogP contribution in [-0.2, 0) is 11.4 Å². The van der Waals surface area contributed by atoms with Crippen molar-refractivity contribution < 1.29 is 14.5 Å². The molecule has 3 aromatic rings. The van der Waals surface area contributed by atoms with Crippen molar-refractivity contribution in [1.82, 2.24) is 15.4 Å². The van der Waals surface area contributed by atoms with Crippen molar-refractivity contribution in [3.63, 3.8) is 0 Å². The molecule has 0 aliphatic carbocycles. The Hall–Kier alpha value is -3.21. The number of amides is 1. The van der Waals surface area contributed by atoms with Gasteiger partial charge in [-0.05, 0) is 43.2 Å². The van der Waals surface area contributed by atoms with Gasteiger partial charge >= 0.3 is 0 Å². The first-order chi connectivity index (χ1) is 16.2. The van der Waals surface area contributed by atoms with E-state index in [0.717, 1.165) is 11.4 Å². The Kier molecular flexibility index (Phi) is 8.80. The molecule has 2 aromatic carbocycles. The van der Waals surface area contributed by atoms with Gasteiger partial charge in [0, 0.05) is 23.5 Å². The van der Waals surface area contributed by atoms with Gasteiger partial charge in [0.2, 0.25) is 0 Å². The molecule has 12 heteroatoms. The third-order valence-electron chi connectivity index (χ3n) is 4.22. The summed E-state index contributed by atoms with van der Waals surface area (Å²) >= 11 is 13.8. The Bertz CT molecular complexity index is 1210. The highest BCUT2D eigenvalue weighted by Crippen LogP contribution is 2.34. The van der Waals surface area contributed by atoms with Gasteiger partial charge in [0.15, 0.2) is 10.9 Å². The zero-order valence-corrected chi connectivity index (χ0v) is 20.4. The van der Waals surface area contributed by atoms with Crippen LogP contribution in [0.15, 0.2) is 52.7 Å². The number of rotatable bonds is 9. The zero-order chi connectivity index (χ0) is 24.7. The molecule has 0 radical (unpaired) electrons. The van der Waals surface area contributed by atoms with E-state index >= 15 is 0 Å². The highest BCUT2D eigenvalue weighted by atomic mass is 35.5. The monoisotopic (exact) mass is 519 g/mol. The SMILES string of the molecule is Cc1cc(C)nc(SCC(=O)N/N=C\c2cc(Cl)c(OCc3cccc([N+](=O)[O-])c3)c(Cl)c2)n1. The van der Waals surface area contributed by atoms with Crippen molar-refractivity contribution in [3.8, 4) is 5.75 Å². The number of hydrogen-bond acceptors (Lipinski definition) is 8. The molecule has 3 rings (SSSR count). The zero-order valence-electron chi connectivity index (χ0n) is 18.1. The average molecular weight is 520 g/mol. The van der Waals surface area contributed by atoms with Gasteiger partial charge < -0.3 is 4.74 Å². The molecular weight excluding hydrogens is 501 g/mol. The van der Waals surface area contributed by atoms with E-state index in [-0.39, 0.29) is 39.7 Å². The number of thioether (sulfide) groups is 1. The van der Waals surface area contributed by atoms with Crippen LogP contribution in [0.4, 0.5) is 5.69 Å². The molecule has 1 amide bonds. The Labute approximate surface area is 209 Å². The fourth-order valence-electron chi connectivity index (χ4n) is 2.81. The number of nitrogens with one attached hydrogen (secondary N) is 1. The Morgan fingerprint density at radius 3 is 2.50 bits per heavy atom. The normalized spacial score (nSPS) is 10.9. The molecule has 0 saturated carbocycles. The summed E-state index contributed by atoms with van der Waals surface area (Å²) < 4.78 is 5.66. The topological polar surface area (TPSA) is 120 Å². The average Bonchev–Trinajstić information content (AvgIpc) is 2.77. The lowest BCUT2D eigenvalue weighted by Crippen LogP contribution is -2.19. The third kappa shape index (κ3) is 7.41. The van der Waals surface area contributed by atoms with Gasteiger partial charge in [0.25, 0.3) is 11.6 Å². The predicted molar refractivity (Wildman–Crippen MR) is 132 cm³/mol. The van der Waals surface area contributed by atoms with E-state index in [4.69, 9.17) is 27.9 Å². The molecule has 0 aliphatic rings. The van der Waals surface area contributed by atoms with Gasteiger partial charge in [-0.3, -0.25) is 14.9 Å². The number of hydrazone groups is 1. The molecule has 0 fully saturated rings. The molecule has 0 unspecified atom stereocenters. The van der Waals surface area contributed by atoms with Gasteiger partial charge in [-0.15, -0.1) is 0 Å². The predicted octanol–water partition coefficient (Wildman–Crippen LogP) is 5.13. The summed E-state index contributed by atoms with van der Waals surface area (Å²) in [5.74, 6) is 0.0191. The van der Waals surface area contributed by atoms with Crippen molar-refractivity contribution >= 4 is 52.8 Å². The van der Waals surface area contributed by atoms with Crippen molar-refractivity contribution in [2.24, 2.45) is 5.10 Å². The van der Waals surface area contributed by atoms with Crippen LogP contribution in [0.5, 0.6) is 5.75 Å². The fourth-order valence-corrected chi connectivity index (χ4v) is 4.16. The Morgan fingerprint density at radius 1 is 1.18 bits per heavy atom. The van der Waals surface area contributed by atoms with Crippen molar-refractivity contribution in [3.05, 3.63) is 85.1 Å². The summed E-state index contributed by atoms with van der Waals surface area (Å²) in [6, 6.07) is 11.1. The number of nitro benzene ring substituents is 1. The van der Waals surface area contributed by atoms with Crippen LogP contribution >= 0.6 is 35.0 Å². The van der Waals surface area contributed by atoms with E-state index in [9.17, 15) is 14.9 Å². The van der Waals surface area contributed by atoms with Crippen LogP contribution in [0, 0.1) is 24.0 Å². The summed E-state index contributed by atoms with van der Waals surface area (Å²) in [5.41, 5.74) is 5.20. The van der Waals surface area contributed by atoms with E-state index in [1.165, 1.54) is 30.1 Å². The number of non-ortho nitro benzene ring substituents is 1. The summed E-state index contributed by atoms with van der Waals surface area (Å²) in [7, 11) is 0. The lowest BCUT2D eigenvalue weighted by molar-refractivity contribution is -0.384. The standard InChI is InChI=1S/C22H19Cl2N5O4S/c1-13-6-14(2)27-22(26-13)34-12-20(30)28-25-10-16-8-18(23)21(19(24)9-16)33-11-15-4-3-5-17(7-15)29(31)32/h3-10H,11-12H2,1-2H3,(H,28,30)/b25-10-. The van der Waals surface area contributed by atoms with Crippen molar-refractivity contribution in [2.75, 3.05) is 5.75 Å². The number of nitrogens with zero attached hydrogens (tertiary/aromatic N) is 4. The van der Waals surface area contributed by atoms with Crippen LogP contribution in [-0.4, -0.2) is 32.8 Å². The molecule has 1 N–H and O–H groups in total. The lowest BCUT2D eigenvalue weighted by atomic mass is 10.2. The van der Waals surface area contributed by atoms with Gasteiger partial charge in [0.05, 0.1) is 26.9 Å². The number of halogens is 2. The lowest BCUT2D eigenvalue weighted by Gasteiger charge is -2.11. The van der Waals surface area contributed by atoms with Crippen LogP contribution < -0.4 is 10.2 Å². The minimum atomic E-state index is -0.480. The Balaban J connectivity index is 1.56. The smallest absolute Gasteiger partial charge is 0.269 e. The van der Waals surface area contributed by atoms with E-state index in [0.29, 0.717) is 16.3 Å². The van der Waals surface area contributed by atoms with Gasteiger partial charge in [0.1, 0.15) is 6.61 Å². The molecule has 1 aromatic heterocycles. The maximum absolute atomic E-state index is 12.0. The second-order valence-corrected chi connectivity index (χ2v) is 8.80. The molecule has 9 nitrogen and oxygen atoms in total. The summed E-state index contributed by atoms with van der Waals surface area (Å²) in [5, 5.41) is 15.8. The number of aryl methyl sites for hydroxylation is 2. The summed E-state index contributed by atoms with van der Waals surface area (Å²) in [6.07, 6.45) is 1.40. The molecule has 0 saturated heterocycles. The number of carbonyl (C=O) groups is 1. The molecule has 0 bridgehead atoms. The van der Waals surface area contributed by atoms with E-state index in [1.807, 2.05) is 19.9 Å². The van der Waals surface area contributed by atoms with E-state index in [2.05, 4.69) is 20.5 Å². The first-order valence-electron chi connectivity index (χ1n) is 9.83. The van der Waals surface area contributed by atoms with Crippen LogP contribution in [0.3, 0.4) is 0 Å². The molecule has 1 heterocycles. The second-order valence-electron chi connectivity index (χ2n) is 7.04. The maximum atomic E-state index is 12.0. The minimum absolute atomic E-state index is 0.0353. The van der Waals surface area contributed by atoms with Gasteiger partial charge in [-0.2, -0.15) is 5.10 Å². The molecular formula is C22H19Cl2N5O4S. The highest BCUT2D eigenvalue weighted by Gasteiger charge is 2.12. The van der Waals surface area contributed by atoms with Gasteiger partial charge in [-0.1, -0.05) is 47.1 Å². The third-order valence-corrected chi connectivity index (χ3v) is 5.63. The van der Waals surface area contributed by atoms with Crippen LogP contribution in [0.25, 0.3) is 0 Å². The molecule has 0 spiro atoms. The summed E-state index contributed by atoms with van der Waals surface area (Å²) in [6.45, 7) is 3.78. The number of benzene rings is 2. The quantitative estimate of drug-likeness (QED) is 0.137. The number of nitro groups is 1. The van der Waals surface area contributed by atoms with Crippen LogP contribution in [0.2, 0.25) is 10.0 Å². The van der Waals surface area contributed by atoms with E-state index < -0.39 is 4.92 Å². The number of carbonyl (C=O) groups excluding carboxylic acids is 1. The number of ether oxygens (including phenoxy) is 1. The number of aromatic nitrogens is 2. The van der Waals surface area contributed by atoms with Crippen molar-refractivity contribution in [2.45, 2.75) is 25.6 Å². The second kappa shape index (κ2) is 11.8. The molecule has 0 atom stereocenters. The minimum Gasteiger partial charge on any atom is -0.486 e. The maximum Gasteiger partial charge on any atom is 0.269 e. The highest BCUT2D eigenvalue weighted by molar-refractivity contribution is 7.99. The Morgan fingerprint density at radius 2 is 1.85 bits per heavy atom. The first-order valence-corrected chi connectivity index (χ1v) is 11.6.